The molecule has 0 spiro atoms. The molecule has 2 aliphatic rings. The fourth-order valence-corrected chi connectivity index (χ4v) is 3.33. The number of anilines is 1. The number of amides is 1. The molecule has 0 N–H and O–H groups in total. The Bertz CT molecular complexity index is 669. The van der Waals surface area contributed by atoms with E-state index in [1.807, 2.05) is 36.2 Å². The lowest BCUT2D eigenvalue weighted by Crippen LogP contribution is -2.42. The first-order valence-corrected chi connectivity index (χ1v) is 8.96. The molecule has 1 fully saturated rings. The predicted molar refractivity (Wildman–Crippen MR) is 96.8 cm³/mol. The van der Waals surface area contributed by atoms with Gasteiger partial charge in [-0.3, -0.25) is 14.6 Å². The van der Waals surface area contributed by atoms with Crippen LogP contribution in [0.15, 0.2) is 29.4 Å². The van der Waals surface area contributed by atoms with Crippen molar-refractivity contribution >= 4 is 23.3 Å². The number of esters is 1. The third-order valence-corrected chi connectivity index (χ3v) is 4.72. The van der Waals surface area contributed by atoms with Crippen LogP contribution >= 0.6 is 0 Å². The van der Waals surface area contributed by atoms with Crippen LogP contribution in [0, 0.1) is 5.92 Å². The number of rotatable bonds is 4. The van der Waals surface area contributed by atoms with Crippen LogP contribution in [0.2, 0.25) is 0 Å². The first kappa shape index (κ1) is 17.5. The van der Waals surface area contributed by atoms with Crippen molar-refractivity contribution in [2.24, 2.45) is 11.0 Å². The molecule has 0 aliphatic carbocycles. The van der Waals surface area contributed by atoms with Crippen molar-refractivity contribution in [3.63, 3.8) is 0 Å². The van der Waals surface area contributed by atoms with Crippen LogP contribution in [0.25, 0.3) is 0 Å². The summed E-state index contributed by atoms with van der Waals surface area (Å²) in [5, 5.41) is 6.43. The highest BCUT2D eigenvalue weighted by Gasteiger charge is 2.29. The summed E-state index contributed by atoms with van der Waals surface area (Å²) in [5.74, 6) is -0.432. The zero-order valence-electron chi connectivity index (χ0n) is 14.9. The van der Waals surface area contributed by atoms with Gasteiger partial charge in [-0.2, -0.15) is 5.10 Å². The van der Waals surface area contributed by atoms with E-state index in [0.717, 1.165) is 37.2 Å². The molecule has 0 bridgehead atoms. The molecule has 2 aliphatic heterocycles. The Morgan fingerprint density at radius 3 is 2.64 bits per heavy atom. The van der Waals surface area contributed by atoms with Gasteiger partial charge in [-0.25, -0.2) is 0 Å². The molecule has 0 radical (unpaired) electrons. The number of piperidine rings is 1. The van der Waals surface area contributed by atoms with Crippen molar-refractivity contribution in [1.29, 1.82) is 0 Å². The molecule has 3 rings (SSSR count). The third kappa shape index (κ3) is 4.00. The molecule has 1 aromatic rings. The minimum absolute atomic E-state index is 0.0262. The number of hydrazone groups is 1. The van der Waals surface area contributed by atoms with E-state index in [1.165, 1.54) is 0 Å². The van der Waals surface area contributed by atoms with Crippen molar-refractivity contribution in [3.05, 3.63) is 29.8 Å². The van der Waals surface area contributed by atoms with Crippen LogP contribution in [-0.2, 0) is 9.53 Å². The number of hydrogen-bond acceptors (Lipinski definition) is 5. The van der Waals surface area contributed by atoms with Gasteiger partial charge in [0.1, 0.15) is 0 Å². The van der Waals surface area contributed by atoms with E-state index in [0.29, 0.717) is 25.3 Å². The second kappa shape index (κ2) is 7.68. The molecule has 0 saturated carbocycles. The summed E-state index contributed by atoms with van der Waals surface area (Å²) in [6, 6.07) is 7.55. The van der Waals surface area contributed by atoms with Crippen molar-refractivity contribution in [2.45, 2.75) is 33.1 Å². The maximum absolute atomic E-state index is 12.7. The highest BCUT2D eigenvalue weighted by molar-refractivity contribution is 5.95. The summed E-state index contributed by atoms with van der Waals surface area (Å²) in [4.78, 5) is 26.4. The van der Waals surface area contributed by atoms with E-state index in [9.17, 15) is 9.59 Å². The van der Waals surface area contributed by atoms with Crippen molar-refractivity contribution < 1.29 is 14.3 Å². The van der Waals surface area contributed by atoms with E-state index in [4.69, 9.17) is 4.74 Å². The highest BCUT2D eigenvalue weighted by atomic mass is 16.5. The summed E-state index contributed by atoms with van der Waals surface area (Å²) in [7, 11) is 0. The van der Waals surface area contributed by atoms with Gasteiger partial charge < -0.3 is 9.64 Å². The summed E-state index contributed by atoms with van der Waals surface area (Å²) in [5.41, 5.74) is 2.77. The second-order valence-corrected chi connectivity index (χ2v) is 6.60. The van der Waals surface area contributed by atoms with Gasteiger partial charge in [0.15, 0.2) is 0 Å². The quantitative estimate of drug-likeness (QED) is 0.789. The lowest BCUT2D eigenvalue weighted by Gasteiger charge is -2.31. The molecule has 0 unspecified atom stereocenters. The van der Waals surface area contributed by atoms with E-state index in [-0.39, 0.29) is 17.8 Å². The topological polar surface area (TPSA) is 62.2 Å². The molecule has 1 aromatic carbocycles. The Morgan fingerprint density at radius 1 is 1.24 bits per heavy atom. The van der Waals surface area contributed by atoms with Gasteiger partial charge in [-0.1, -0.05) is 0 Å². The monoisotopic (exact) mass is 343 g/mol. The molecule has 25 heavy (non-hydrogen) atoms. The standard InChI is InChI=1S/C19H25N3O3/c1-3-25-19(24)16-5-4-11-21(13-16)18(23)15-6-8-17(9-7-15)22-12-10-14(2)20-22/h6-9,16H,3-5,10-13H2,1-2H3/t16-/m1/s1. The fourth-order valence-electron chi connectivity index (χ4n) is 3.33. The molecule has 1 saturated heterocycles. The lowest BCUT2D eigenvalue weighted by atomic mass is 9.97. The lowest BCUT2D eigenvalue weighted by molar-refractivity contribution is -0.149. The van der Waals surface area contributed by atoms with Gasteiger partial charge in [-0.15, -0.1) is 0 Å². The molecule has 1 amide bonds. The number of benzene rings is 1. The molecule has 134 valence electrons. The first-order chi connectivity index (χ1) is 12.1. The average molecular weight is 343 g/mol. The molecular weight excluding hydrogens is 318 g/mol. The molecule has 2 heterocycles. The summed E-state index contributed by atoms with van der Waals surface area (Å²) in [6.07, 6.45) is 2.59. The summed E-state index contributed by atoms with van der Waals surface area (Å²) >= 11 is 0. The van der Waals surface area contributed by atoms with Crippen LogP contribution in [0.3, 0.4) is 0 Å². The van der Waals surface area contributed by atoms with Crippen molar-refractivity contribution in [1.82, 2.24) is 4.90 Å². The zero-order chi connectivity index (χ0) is 17.8. The van der Waals surface area contributed by atoms with Crippen LogP contribution in [0.1, 0.15) is 43.5 Å². The minimum atomic E-state index is -0.209. The Kier molecular flexibility index (Phi) is 5.36. The van der Waals surface area contributed by atoms with Crippen molar-refractivity contribution in [2.75, 3.05) is 31.3 Å². The van der Waals surface area contributed by atoms with E-state index in [2.05, 4.69) is 5.10 Å². The van der Waals surface area contributed by atoms with E-state index in [1.54, 1.807) is 11.8 Å². The SMILES string of the molecule is CCOC(=O)[C@@H]1CCCN(C(=O)c2ccc(N3CCC(C)=N3)cc2)C1. The van der Waals surface area contributed by atoms with Gasteiger partial charge in [0.05, 0.1) is 18.2 Å². The number of ether oxygens (including phenoxy) is 1. The average Bonchev–Trinajstić information content (AvgIpc) is 3.08. The largest absolute Gasteiger partial charge is 0.466 e. The maximum Gasteiger partial charge on any atom is 0.310 e. The summed E-state index contributed by atoms with van der Waals surface area (Å²) in [6.45, 7) is 6.21. The van der Waals surface area contributed by atoms with Crippen LogP contribution in [0.5, 0.6) is 0 Å². The maximum atomic E-state index is 12.7. The van der Waals surface area contributed by atoms with Crippen LogP contribution in [0.4, 0.5) is 5.69 Å². The first-order valence-electron chi connectivity index (χ1n) is 8.96. The normalized spacial score (nSPS) is 20.4. The smallest absolute Gasteiger partial charge is 0.310 e. The van der Waals surface area contributed by atoms with Crippen molar-refractivity contribution in [3.8, 4) is 0 Å². The van der Waals surface area contributed by atoms with Gasteiger partial charge in [-0.05, 0) is 51.0 Å². The van der Waals surface area contributed by atoms with Gasteiger partial charge in [0, 0.05) is 37.3 Å². The van der Waals surface area contributed by atoms with Crippen LogP contribution < -0.4 is 5.01 Å². The Hall–Kier alpha value is -2.37. The Labute approximate surface area is 148 Å². The van der Waals surface area contributed by atoms with Gasteiger partial charge in [0.2, 0.25) is 0 Å². The predicted octanol–water partition coefficient (Wildman–Crippen LogP) is 2.69. The van der Waals surface area contributed by atoms with E-state index >= 15 is 0 Å². The third-order valence-electron chi connectivity index (χ3n) is 4.72. The molecule has 6 nitrogen and oxygen atoms in total. The zero-order valence-corrected chi connectivity index (χ0v) is 14.9. The van der Waals surface area contributed by atoms with Gasteiger partial charge in [0.25, 0.3) is 5.91 Å². The number of carbonyl (C=O) groups is 2. The minimum Gasteiger partial charge on any atom is -0.466 e. The number of carbonyl (C=O) groups excluding carboxylic acids is 2. The second-order valence-electron chi connectivity index (χ2n) is 6.60. The number of hydrogen-bond donors (Lipinski definition) is 0. The highest BCUT2D eigenvalue weighted by Crippen LogP contribution is 2.23. The molecule has 6 heteroatoms. The number of nitrogens with zero attached hydrogens (tertiary/aromatic N) is 3. The molecular formula is C19H25N3O3. The summed E-state index contributed by atoms with van der Waals surface area (Å²) < 4.78 is 5.10. The Morgan fingerprint density at radius 2 is 2.00 bits per heavy atom. The van der Waals surface area contributed by atoms with Gasteiger partial charge >= 0.3 is 5.97 Å². The van der Waals surface area contributed by atoms with E-state index < -0.39 is 0 Å². The molecule has 0 aromatic heterocycles. The molecule has 1 atom stereocenters. The number of likely N-dealkylation sites (tertiary alicyclic amines) is 1. The van der Waals surface area contributed by atoms with Crippen LogP contribution in [-0.4, -0.2) is 48.7 Å². The Balaban J connectivity index is 1.65. The fraction of sp³-hybridized carbons (Fsp3) is 0.526.